The normalized spacial score (nSPS) is 11.4. The van der Waals surface area contributed by atoms with Gasteiger partial charge in [-0.3, -0.25) is 9.89 Å². The molecule has 8 heteroatoms. The first kappa shape index (κ1) is 21.4. The molecule has 1 aromatic heterocycles. The molecule has 0 unspecified atom stereocenters. The highest BCUT2D eigenvalue weighted by atomic mass is 35.5. The van der Waals surface area contributed by atoms with E-state index in [9.17, 15) is 4.79 Å². The van der Waals surface area contributed by atoms with Gasteiger partial charge in [0.25, 0.3) is 5.91 Å². The molecule has 3 aromatic rings. The Balaban J connectivity index is 1.80. The van der Waals surface area contributed by atoms with Gasteiger partial charge in [-0.25, -0.2) is 0 Å². The fourth-order valence-corrected chi connectivity index (χ4v) is 2.74. The first-order valence-electron chi connectivity index (χ1n) is 9.54. The lowest BCUT2D eigenvalue weighted by atomic mass is 10.1. The smallest absolute Gasteiger partial charge is 0.280 e. The van der Waals surface area contributed by atoms with Gasteiger partial charge in [0.05, 0.1) is 12.8 Å². The standard InChI is InChI=1S/C22H24ClN5O2/c1-14(2)13-24-22(26-21(29)16-5-4-6-18(11-16)30-3)25-20-12-19(27-28-20)15-7-9-17(23)10-8-15/h4-12,14H,13H2,1-3H3,(H3,24,25,26,27,28,29). The molecule has 0 saturated carbocycles. The van der Waals surface area contributed by atoms with Crippen LogP contribution in [0.25, 0.3) is 11.3 Å². The number of aromatic amines is 1. The van der Waals surface area contributed by atoms with E-state index >= 15 is 0 Å². The minimum Gasteiger partial charge on any atom is -0.497 e. The number of halogens is 1. The number of carbonyl (C=O) groups is 1. The van der Waals surface area contributed by atoms with Crippen molar-refractivity contribution in [3.8, 4) is 17.0 Å². The van der Waals surface area contributed by atoms with Crippen molar-refractivity contribution in [3.05, 3.63) is 65.2 Å². The van der Waals surface area contributed by atoms with Gasteiger partial charge in [0.2, 0.25) is 5.96 Å². The van der Waals surface area contributed by atoms with Crippen LogP contribution in [0.5, 0.6) is 5.75 Å². The van der Waals surface area contributed by atoms with Gasteiger partial charge in [-0.15, -0.1) is 0 Å². The fourth-order valence-electron chi connectivity index (χ4n) is 2.62. The molecule has 3 rings (SSSR count). The molecule has 0 saturated heterocycles. The average Bonchev–Trinajstić information content (AvgIpc) is 3.21. The lowest BCUT2D eigenvalue weighted by Crippen LogP contribution is -2.34. The molecule has 1 heterocycles. The van der Waals surface area contributed by atoms with Gasteiger partial charge in [0.1, 0.15) is 11.6 Å². The highest BCUT2D eigenvalue weighted by molar-refractivity contribution is 6.30. The topological polar surface area (TPSA) is 91.4 Å². The Bertz CT molecular complexity index is 1030. The number of aliphatic imine (C=N–C) groups is 1. The van der Waals surface area contributed by atoms with Crippen molar-refractivity contribution in [1.82, 2.24) is 15.5 Å². The summed E-state index contributed by atoms with van der Waals surface area (Å²) in [5.74, 6) is 1.53. The molecule has 7 nitrogen and oxygen atoms in total. The summed E-state index contributed by atoms with van der Waals surface area (Å²) < 4.78 is 5.18. The first-order chi connectivity index (χ1) is 14.4. The van der Waals surface area contributed by atoms with Crippen molar-refractivity contribution >= 4 is 29.3 Å². The van der Waals surface area contributed by atoms with Crippen LogP contribution in [0.15, 0.2) is 59.6 Å². The molecule has 0 spiro atoms. The van der Waals surface area contributed by atoms with Crippen LogP contribution in [0.1, 0.15) is 24.2 Å². The van der Waals surface area contributed by atoms with Crippen molar-refractivity contribution in [3.63, 3.8) is 0 Å². The molecular weight excluding hydrogens is 402 g/mol. The van der Waals surface area contributed by atoms with E-state index in [1.54, 1.807) is 31.4 Å². The number of amides is 1. The third-order valence-corrected chi connectivity index (χ3v) is 4.43. The van der Waals surface area contributed by atoms with Gasteiger partial charge in [-0.1, -0.05) is 43.6 Å². The number of nitrogens with one attached hydrogen (secondary N) is 3. The molecule has 0 atom stereocenters. The molecule has 1 amide bonds. The van der Waals surface area contributed by atoms with Crippen molar-refractivity contribution in [2.45, 2.75) is 13.8 Å². The van der Waals surface area contributed by atoms with Crippen LogP contribution in [0.3, 0.4) is 0 Å². The Hall–Kier alpha value is -3.32. The zero-order valence-corrected chi connectivity index (χ0v) is 17.8. The van der Waals surface area contributed by atoms with Crippen molar-refractivity contribution < 1.29 is 9.53 Å². The number of hydrogen-bond acceptors (Lipinski definition) is 3. The van der Waals surface area contributed by atoms with Gasteiger partial charge >= 0.3 is 0 Å². The van der Waals surface area contributed by atoms with E-state index < -0.39 is 0 Å². The van der Waals surface area contributed by atoms with Crippen LogP contribution in [-0.2, 0) is 0 Å². The van der Waals surface area contributed by atoms with E-state index in [0.29, 0.717) is 40.6 Å². The molecule has 0 aliphatic carbocycles. The molecule has 0 aliphatic heterocycles. The molecule has 30 heavy (non-hydrogen) atoms. The SMILES string of the molecule is COc1cccc(C(=O)/N=C(/NCC(C)C)Nc2cc(-c3ccc(Cl)cc3)n[nH]2)c1. The summed E-state index contributed by atoms with van der Waals surface area (Å²) in [4.78, 5) is 16.9. The summed E-state index contributed by atoms with van der Waals surface area (Å²) in [6.07, 6.45) is 0. The molecule has 0 bridgehead atoms. The molecule has 0 aliphatic rings. The van der Waals surface area contributed by atoms with Crippen LogP contribution in [0, 0.1) is 5.92 Å². The monoisotopic (exact) mass is 425 g/mol. The molecule has 0 fully saturated rings. The first-order valence-corrected chi connectivity index (χ1v) is 9.91. The second-order valence-electron chi connectivity index (χ2n) is 7.07. The van der Waals surface area contributed by atoms with Gasteiger partial charge in [-0.05, 0) is 36.2 Å². The maximum atomic E-state index is 12.7. The van der Waals surface area contributed by atoms with Crippen molar-refractivity contribution in [2.24, 2.45) is 10.9 Å². The molecular formula is C22H24ClN5O2. The Labute approximate surface area is 180 Å². The highest BCUT2D eigenvalue weighted by Gasteiger charge is 2.11. The van der Waals surface area contributed by atoms with Gasteiger partial charge in [0, 0.05) is 28.8 Å². The zero-order valence-electron chi connectivity index (χ0n) is 17.1. The van der Waals surface area contributed by atoms with E-state index in [2.05, 4.69) is 39.7 Å². The number of aromatic nitrogens is 2. The largest absolute Gasteiger partial charge is 0.497 e. The average molecular weight is 426 g/mol. The quantitative estimate of drug-likeness (QED) is 0.396. The zero-order chi connectivity index (χ0) is 21.5. The highest BCUT2D eigenvalue weighted by Crippen LogP contribution is 2.21. The predicted octanol–water partition coefficient (Wildman–Crippen LogP) is 4.59. The number of hydrogen-bond donors (Lipinski definition) is 3. The van der Waals surface area contributed by atoms with Crippen LogP contribution in [0.4, 0.5) is 5.82 Å². The minimum absolute atomic E-state index is 0.336. The van der Waals surface area contributed by atoms with E-state index in [1.165, 1.54) is 0 Å². The van der Waals surface area contributed by atoms with Crippen LogP contribution in [0.2, 0.25) is 5.02 Å². The third kappa shape index (κ3) is 5.84. The Kier molecular flexibility index (Phi) is 7.08. The van der Waals surface area contributed by atoms with E-state index in [0.717, 1.165) is 11.3 Å². The number of ether oxygens (including phenoxy) is 1. The van der Waals surface area contributed by atoms with Crippen LogP contribution < -0.4 is 15.4 Å². The Morgan fingerprint density at radius 2 is 1.97 bits per heavy atom. The fraction of sp³-hybridized carbons (Fsp3) is 0.227. The Morgan fingerprint density at radius 1 is 1.20 bits per heavy atom. The van der Waals surface area contributed by atoms with E-state index in [4.69, 9.17) is 16.3 Å². The van der Waals surface area contributed by atoms with E-state index in [-0.39, 0.29) is 5.91 Å². The molecule has 2 aromatic carbocycles. The molecule has 0 radical (unpaired) electrons. The lowest BCUT2D eigenvalue weighted by molar-refractivity contribution is 0.100. The number of anilines is 1. The number of rotatable bonds is 6. The summed E-state index contributed by atoms with van der Waals surface area (Å²) in [5.41, 5.74) is 2.10. The lowest BCUT2D eigenvalue weighted by Gasteiger charge is -2.12. The third-order valence-electron chi connectivity index (χ3n) is 4.18. The van der Waals surface area contributed by atoms with Crippen LogP contribution in [-0.4, -0.2) is 35.7 Å². The predicted molar refractivity (Wildman–Crippen MR) is 120 cm³/mol. The number of carbonyl (C=O) groups excluding carboxylic acids is 1. The number of H-pyrrole nitrogens is 1. The summed E-state index contributed by atoms with van der Waals surface area (Å²) in [6.45, 7) is 4.79. The number of nitrogens with zero attached hydrogens (tertiary/aromatic N) is 2. The van der Waals surface area contributed by atoms with Crippen LogP contribution >= 0.6 is 11.6 Å². The number of benzene rings is 2. The summed E-state index contributed by atoms with van der Waals surface area (Å²) in [7, 11) is 1.56. The molecule has 3 N–H and O–H groups in total. The maximum absolute atomic E-state index is 12.7. The van der Waals surface area contributed by atoms with Gasteiger partial charge in [0.15, 0.2) is 0 Å². The number of guanidine groups is 1. The Morgan fingerprint density at radius 3 is 2.67 bits per heavy atom. The van der Waals surface area contributed by atoms with Crippen molar-refractivity contribution in [1.29, 1.82) is 0 Å². The minimum atomic E-state index is -0.384. The summed E-state index contributed by atoms with van der Waals surface area (Å²) in [6, 6.07) is 16.1. The molecule has 156 valence electrons. The van der Waals surface area contributed by atoms with E-state index in [1.807, 2.05) is 30.3 Å². The van der Waals surface area contributed by atoms with Crippen molar-refractivity contribution in [2.75, 3.05) is 19.0 Å². The van der Waals surface area contributed by atoms with Gasteiger partial charge < -0.3 is 15.4 Å². The second-order valence-corrected chi connectivity index (χ2v) is 7.51. The number of methoxy groups -OCH3 is 1. The second kappa shape index (κ2) is 9.93. The van der Waals surface area contributed by atoms with Gasteiger partial charge in [-0.2, -0.15) is 10.1 Å². The summed E-state index contributed by atoms with van der Waals surface area (Å²) in [5, 5.41) is 14.2. The summed E-state index contributed by atoms with van der Waals surface area (Å²) >= 11 is 5.95. The maximum Gasteiger partial charge on any atom is 0.280 e.